The summed E-state index contributed by atoms with van der Waals surface area (Å²) in [6.45, 7) is 2.84. The Hall–Kier alpha value is -0.790. The number of rotatable bonds is 5. The smallest absolute Gasteiger partial charge is 0.153 e. The Kier molecular flexibility index (Phi) is 5.29. The first kappa shape index (κ1) is 15.6. The fourth-order valence-corrected chi connectivity index (χ4v) is 2.96. The minimum Gasteiger partial charge on any atom is -0.305 e. The fourth-order valence-electron chi connectivity index (χ4n) is 2.02. The van der Waals surface area contributed by atoms with Crippen molar-refractivity contribution in [2.75, 3.05) is 6.54 Å². The summed E-state index contributed by atoms with van der Waals surface area (Å²) < 4.78 is 17.3. The van der Waals surface area contributed by atoms with Crippen molar-refractivity contribution in [2.24, 2.45) is 7.05 Å². The second-order valence-electron chi connectivity index (χ2n) is 4.44. The minimum atomic E-state index is -0.304. The van der Waals surface area contributed by atoms with Crippen molar-refractivity contribution < 1.29 is 4.39 Å². The van der Waals surface area contributed by atoms with Gasteiger partial charge in [-0.3, -0.25) is 0 Å². The number of hydrogen-bond acceptors (Lipinski definition) is 3. The zero-order valence-corrected chi connectivity index (χ0v) is 14.4. The van der Waals surface area contributed by atoms with Gasteiger partial charge in [0.2, 0.25) is 0 Å². The lowest BCUT2D eigenvalue weighted by Crippen LogP contribution is -2.26. The highest BCUT2D eigenvalue weighted by molar-refractivity contribution is 9.10. The van der Waals surface area contributed by atoms with E-state index in [1.54, 1.807) is 23.9 Å². The molecular formula is C13H15Br2FN4. The highest BCUT2D eigenvalue weighted by Gasteiger charge is 2.24. The van der Waals surface area contributed by atoms with Crippen molar-refractivity contribution in [3.05, 3.63) is 44.3 Å². The quantitative estimate of drug-likeness (QED) is 0.826. The van der Waals surface area contributed by atoms with Gasteiger partial charge in [-0.2, -0.15) is 0 Å². The average molecular weight is 406 g/mol. The largest absolute Gasteiger partial charge is 0.305 e. The van der Waals surface area contributed by atoms with Crippen LogP contribution in [0, 0.1) is 5.82 Å². The normalized spacial score (nSPS) is 12.7. The molecule has 0 aliphatic carbocycles. The van der Waals surface area contributed by atoms with Crippen LogP contribution in [-0.2, 0) is 7.05 Å². The van der Waals surface area contributed by atoms with Crippen molar-refractivity contribution >= 4 is 31.9 Å². The molecule has 1 N–H and O–H groups in total. The van der Waals surface area contributed by atoms with Gasteiger partial charge < -0.3 is 5.32 Å². The first-order valence-electron chi connectivity index (χ1n) is 6.28. The highest BCUT2D eigenvalue weighted by Crippen LogP contribution is 2.30. The van der Waals surface area contributed by atoms with Gasteiger partial charge in [0.1, 0.15) is 5.82 Å². The number of hydrogen-bond donors (Lipinski definition) is 1. The van der Waals surface area contributed by atoms with Gasteiger partial charge in [-0.1, -0.05) is 28.1 Å². The number of aryl methyl sites for hydroxylation is 1. The van der Waals surface area contributed by atoms with Crippen LogP contribution in [0.3, 0.4) is 0 Å². The maximum atomic E-state index is 14.2. The van der Waals surface area contributed by atoms with Crippen LogP contribution in [0.2, 0.25) is 0 Å². The number of halogens is 3. The molecule has 0 fully saturated rings. The van der Waals surface area contributed by atoms with Gasteiger partial charge in [0.15, 0.2) is 4.60 Å². The lowest BCUT2D eigenvalue weighted by atomic mass is 10.0. The molecular weight excluding hydrogens is 391 g/mol. The zero-order valence-electron chi connectivity index (χ0n) is 11.2. The van der Waals surface area contributed by atoms with Crippen molar-refractivity contribution in [1.82, 2.24) is 20.3 Å². The summed E-state index contributed by atoms with van der Waals surface area (Å²) >= 11 is 6.77. The van der Waals surface area contributed by atoms with E-state index < -0.39 is 0 Å². The van der Waals surface area contributed by atoms with Crippen LogP contribution in [0.4, 0.5) is 4.39 Å². The summed E-state index contributed by atoms with van der Waals surface area (Å²) in [5, 5.41) is 11.3. The third kappa shape index (κ3) is 3.27. The predicted octanol–water partition coefficient (Wildman–Crippen LogP) is 3.57. The van der Waals surface area contributed by atoms with Gasteiger partial charge in [0.05, 0.1) is 11.7 Å². The standard InChI is InChI=1S/C13H15Br2FN4/c1-3-6-17-11(12-13(15)18-19-20(12)2)9-7-8(14)4-5-10(9)16/h4-5,7,11,17H,3,6H2,1-2H3. The Morgan fingerprint density at radius 3 is 2.75 bits per heavy atom. The molecule has 0 saturated heterocycles. The van der Waals surface area contributed by atoms with Gasteiger partial charge in [-0.25, -0.2) is 9.07 Å². The number of nitrogens with one attached hydrogen (secondary N) is 1. The number of aromatic nitrogens is 3. The first-order valence-corrected chi connectivity index (χ1v) is 7.86. The fraction of sp³-hybridized carbons (Fsp3) is 0.385. The summed E-state index contributed by atoms with van der Waals surface area (Å²) in [6, 6.07) is 4.62. The molecule has 0 aliphatic heterocycles. The maximum Gasteiger partial charge on any atom is 0.153 e. The van der Waals surface area contributed by atoms with Gasteiger partial charge in [0.25, 0.3) is 0 Å². The van der Waals surface area contributed by atoms with Crippen LogP contribution < -0.4 is 5.32 Å². The highest BCUT2D eigenvalue weighted by atomic mass is 79.9. The third-order valence-corrected chi connectivity index (χ3v) is 4.03. The molecule has 0 bridgehead atoms. The number of nitrogens with zero attached hydrogens (tertiary/aromatic N) is 3. The van der Waals surface area contributed by atoms with Crippen molar-refractivity contribution in [1.29, 1.82) is 0 Å². The zero-order chi connectivity index (χ0) is 14.7. The molecule has 20 heavy (non-hydrogen) atoms. The van der Waals surface area contributed by atoms with Gasteiger partial charge in [-0.05, 0) is 47.1 Å². The summed E-state index contributed by atoms with van der Waals surface area (Å²) in [4.78, 5) is 0. The number of benzene rings is 1. The van der Waals surface area contributed by atoms with Crippen LogP contribution in [0.25, 0.3) is 0 Å². The van der Waals surface area contributed by atoms with E-state index in [2.05, 4.69) is 54.4 Å². The Bertz CT molecular complexity index is 581. The van der Waals surface area contributed by atoms with E-state index in [4.69, 9.17) is 0 Å². The Labute approximate surface area is 134 Å². The van der Waals surface area contributed by atoms with Crippen LogP contribution in [0.5, 0.6) is 0 Å². The first-order chi connectivity index (χ1) is 9.54. The minimum absolute atomic E-state index is 0.255. The lowest BCUT2D eigenvalue weighted by molar-refractivity contribution is 0.517. The molecule has 4 nitrogen and oxygen atoms in total. The second kappa shape index (κ2) is 6.78. The Morgan fingerprint density at radius 2 is 2.15 bits per heavy atom. The average Bonchev–Trinajstić information content (AvgIpc) is 2.74. The molecule has 0 amide bonds. The molecule has 0 saturated carbocycles. The molecule has 1 aromatic heterocycles. The van der Waals surface area contributed by atoms with Crippen LogP contribution in [-0.4, -0.2) is 21.5 Å². The molecule has 108 valence electrons. The van der Waals surface area contributed by atoms with E-state index in [9.17, 15) is 4.39 Å². The van der Waals surface area contributed by atoms with Crippen molar-refractivity contribution in [2.45, 2.75) is 19.4 Å². The maximum absolute atomic E-state index is 14.2. The molecule has 1 atom stereocenters. The summed E-state index contributed by atoms with van der Waals surface area (Å²) in [6.07, 6.45) is 0.953. The van der Waals surface area contributed by atoms with E-state index >= 15 is 0 Å². The Balaban J connectivity index is 2.50. The summed E-state index contributed by atoms with van der Waals surface area (Å²) in [5.74, 6) is -0.255. The monoisotopic (exact) mass is 404 g/mol. The summed E-state index contributed by atoms with van der Waals surface area (Å²) in [7, 11) is 1.80. The van der Waals surface area contributed by atoms with Crippen LogP contribution in [0.1, 0.15) is 30.6 Å². The van der Waals surface area contributed by atoms with Gasteiger partial charge in [0, 0.05) is 17.1 Å². The van der Waals surface area contributed by atoms with E-state index in [1.807, 2.05) is 0 Å². The molecule has 1 heterocycles. The molecule has 2 aromatic rings. The summed E-state index contributed by atoms with van der Waals surface area (Å²) in [5.41, 5.74) is 1.37. The Morgan fingerprint density at radius 1 is 1.40 bits per heavy atom. The molecule has 1 unspecified atom stereocenters. The third-order valence-electron chi connectivity index (χ3n) is 2.97. The van der Waals surface area contributed by atoms with Gasteiger partial charge >= 0.3 is 0 Å². The topological polar surface area (TPSA) is 42.7 Å². The molecule has 0 radical (unpaired) electrons. The van der Waals surface area contributed by atoms with E-state index in [0.29, 0.717) is 10.2 Å². The van der Waals surface area contributed by atoms with E-state index in [-0.39, 0.29) is 11.9 Å². The molecule has 2 rings (SSSR count). The molecule has 1 aromatic carbocycles. The van der Waals surface area contributed by atoms with Crippen LogP contribution >= 0.6 is 31.9 Å². The molecule has 0 aliphatic rings. The second-order valence-corrected chi connectivity index (χ2v) is 6.11. The van der Waals surface area contributed by atoms with E-state index in [0.717, 1.165) is 23.1 Å². The van der Waals surface area contributed by atoms with E-state index in [1.165, 1.54) is 6.07 Å². The van der Waals surface area contributed by atoms with Crippen molar-refractivity contribution in [3.8, 4) is 0 Å². The van der Waals surface area contributed by atoms with Crippen LogP contribution in [0.15, 0.2) is 27.3 Å². The molecule has 7 heteroatoms. The molecule has 0 spiro atoms. The lowest BCUT2D eigenvalue weighted by Gasteiger charge is -2.20. The van der Waals surface area contributed by atoms with Crippen molar-refractivity contribution in [3.63, 3.8) is 0 Å². The van der Waals surface area contributed by atoms with Gasteiger partial charge in [-0.15, -0.1) is 5.10 Å². The SMILES string of the molecule is CCCNC(c1cc(Br)ccc1F)c1c(Br)nnn1C. The predicted molar refractivity (Wildman–Crippen MR) is 82.9 cm³/mol.